The minimum absolute atomic E-state index is 0.0606. The van der Waals surface area contributed by atoms with Crippen LogP contribution in [0.15, 0.2) is 16.7 Å². The molecule has 0 saturated carbocycles. The Hall–Kier alpha value is -0.900. The second kappa shape index (κ2) is 4.53. The lowest BCUT2D eigenvalue weighted by Crippen LogP contribution is -2.37. The number of pyridine rings is 1. The largest absolute Gasteiger partial charge is 0.299 e. The minimum Gasteiger partial charge on any atom is -0.299 e. The average molecular weight is 285 g/mol. The molecule has 4 heteroatoms. The van der Waals surface area contributed by atoms with Gasteiger partial charge in [0.15, 0.2) is 0 Å². The molecule has 0 atom stereocenters. The number of halogens is 1. The number of aryl methyl sites for hydroxylation is 1. The summed E-state index contributed by atoms with van der Waals surface area (Å²) in [6.45, 7) is 7.65. The summed E-state index contributed by atoms with van der Waals surface area (Å²) in [5.74, 6) is 0.772. The third kappa shape index (κ3) is 2.82. The van der Waals surface area contributed by atoms with Gasteiger partial charge < -0.3 is 0 Å². The molecule has 1 amide bonds. The van der Waals surface area contributed by atoms with Crippen LogP contribution in [0.3, 0.4) is 0 Å². The molecule has 0 radical (unpaired) electrons. The Bertz CT molecular complexity index is 410. The Morgan fingerprint density at radius 3 is 2.44 bits per heavy atom. The summed E-state index contributed by atoms with van der Waals surface area (Å²) in [5, 5.41) is 0. The molecule has 0 aliphatic heterocycles. The van der Waals surface area contributed by atoms with E-state index in [4.69, 9.17) is 0 Å². The van der Waals surface area contributed by atoms with Gasteiger partial charge in [-0.25, -0.2) is 4.98 Å². The van der Waals surface area contributed by atoms with Crippen molar-refractivity contribution in [2.24, 2.45) is 5.41 Å². The fourth-order valence-corrected chi connectivity index (χ4v) is 1.93. The van der Waals surface area contributed by atoms with Crippen molar-refractivity contribution < 1.29 is 4.79 Å². The zero-order valence-electron chi connectivity index (χ0n) is 10.3. The predicted molar refractivity (Wildman–Crippen MR) is 69.5 cm³/mol. The first kappa shape index (κ1) is 13.2. The molecular formula is C12H17BrN2O. The Labute approximate surface area is 105 Å². The van der Waals surface area contributed by atoms with Gasteiger partial charge in [0.2, 0.25) is 5.91 Å². The van der Waals surface area contributed by atoms with Crippen molar-refractivity contribution in [2.45, 2.75) is 27.7 Å². The number of carbonyl (C=O) groups is 1. The van der Waals surface area contributed by atoms with E-state index < -0.39 is 5.41 Å². The molecule has 0 N–H and O–H groups in total. The van der Waals surface area contributed by atoms with Gasteiger partial charge in [-0.2, -0.15) is 0 Å². The highest BCUT2D eigenvalue weighted by Gasteiger charge is 2.27. The van der Waals surface area contributed by atoms with Gasteiger partial charge in [0, 0.05) is 23.1 Å². The van der Waals surface area contributed by atoms with E-state index in [1.807, 2.05) is 33.8 Å². The van der Waals surface area contributed by atoms with Crippen molar-refractivity contribution in [3.8, 4) is 0 Å². The van der Waals surface area contributed by atoms with E-state index in [9.17, 15) is 4.79 Å². The van der Waals surface area contributed by atoms with Gasteiger partial charge in [-0.15, -0.1) is 0 Å². The maximum Gasteiger partial charge on any atom is 0.233 e. The van der Waals surface area contributed by atoms with E-state index in [1.165, 1.54) is 0 Å². The minimum atomic E-state index is -0.393. The van der Waals surface area contributed by atoms with E-state index in [-0.39, 0.29) is 5.91 Å². The molecule has 1 heterocycles. The number of aromatic nitrogens is 1. The van der Waals surface area contributed by atoms with E-state index in [2.05, 4.69) is 20.9 Å². The first-order chi connectivity index (χ1) is 7.23. The van der Waals surface area contributed by atoms with E-state index in [1.54, 1.807) is 18.1 Å². The predicted octanol–water partition coefficient (Wildman–Crippen LogP) is 3.16. The highest BCUT2D eigenvalue weighted by Crippen LogP contribution is 2.24. The molecule has 0 unspecified atom stereocenters. The van der Waals surface area contributed by atoms with Crippen LogP contribution < -0.4 is 4.90 Å². The second-order valence-corrected chi connectivity index (χ2v) is 5.82. The second-order valence-electron chi connectivity index (χ2n) is 4.91. The van der Waals surface area contributed by atoms with E-state index >= 15 is 0 Å². The maximum atomic E-state index is 12.1. The summed E-state index contributed by atoms with van der Waals surface area (Å²) in [5.41, 5.74) is 0.588. The standard InChI is InChI=1S/C12H17BrN2O/c1-8-6-9(13)7-14-10(8)15(5)11(16)12(2,3)4/h6-7H,1-5H3. The van der Waals surface area contributed by atoms with Crippen LogP contribution in [0.2, 0.25) is 0 Å². The number of carbonyl (C=O) groups excluding carboxylic acids is 1. The van der Waals surface area contributed by atoms with Gasteiger partial charge in [-0.3, -0.25) is 9.69 Å². The molecule has 88 valence electrons. The van der Waals surface area contributed by atoms with Crippen molar-refractivity contribution in [1.29, 1.82) is 0 Å². The summed E-state index contributed by atoms with van der Waals surface area (Å²) in [6, 6.07) is 1.95. The van der Waals surface area contributed by atoms with E-state index in [0.717, 1.165) is 10.0 Å². The Kier molecular flexibility index (Phi) is 3.73. The quantitative estimate of drug-likeness (QED) is 0.794. The fourth-order valence-electron chi connectivity index (χ4n) is 1.48. The number of hydrogen-bond acceptors (Lipinski definition) is 2. The molecular weight excluding hydrogens is 268 g/mol. The lowest BCUT2D eigenvalue weighted by atomic mass is 9.95. The van der Waals surface area contributed by atoms with Crippen molar-refractivity contribution in [3.05, 3.63) is 22.3 Å². The summed E-state index contributed by atoms with van der Waals surface area (Å²) in [6.07, 6.45) is 1.70. The Morgan fingerprint density at radius 1 is 1.44 bits per heavy atom. The number of hydrogen-bond donors (Lipinski definition) is 0. The molecule has 3 nitrogen and oxygen atoms in total. The highest BCUT2D eigenvalue weighted by atomic mass is 79.9. The van der Waals surface area contributed by atoms with Crippen LogP contribution in [0.4, 0.5) is 5.82 Å². The topological polar surface area (TPSA) is 33.2 Å². The molecule has 0 aromatic carbocycles. The zero-order chi connectivity index (χ0) is 12.5. The average Bonchev–Trinajstić information content (AvgIpc) is 2.14. The van der Waals surface area contributed by atoms with Crippen LogP contribution in [-0.2, 0) is 4.79 Å². The van der Waals surface area contributed by atoms with Gasteiger partial charge in [0.05, 0.1) is 0 Å². The first-order valence-electron chi connectivity index (χ1n) is 5.14. The molecule has 1 rings (SSSR count). The van der Waals surface area contributed by atoms with Crippen LogP contribution in [0.5, 0.6) is 0 Å². The van der Waals surface area contributed by atoms with Crippen LogP contribution in [0.1, 0.15) is 26.3 Å². The molecule has 16 heavy (non-hydrogen) atoms. The number of nitrogens with zero attached hydrogens (tertiary/aromatic N) is 2. The molecule has 0 spiro atoms. The third-order valence-electron chi connectivity index (χ3n) is 2.28. The van der Waals surface area contributed by atoms with Crippen molar-refractivity contribution in [3.63, 3.8) is 0 Å². The first-order valence-corrected chi connectivity index (χ1v) is 5.93. The Morgan fingerprint density at radius 2 is 2.00 bits per heavy atom. The Balaban J connectivity index is 3.06. The SMILES string of the molecule is Cc1cc(Br)cnc1N(C)C(=O)C(C)(C)C. The lowest BCUT2D eigenvalue weighted by Gasteiger charge is -2.26. The van der Waals surface area contributed by atoms with Crippen LogP contribution >= 0.6 is 15.9 Å². The van der Waals surface area contributed by atoms with Crippen LogP contribution in [0.25, 0.3) is 0 Å². The smallest absolute Gasteiger partial charge is 0.233 e. The molecule has 1 aromatic heterocycles. The summed E-state index contributed by atoms with van der Waals surface area (Å²) in [4.78, 5) is 18.0. The molecule has 0 aliphatic rings. The van der Waals surface area contributed by atoms with Gasteiger partial charge >= 0.3 is 0 Å². The van der Waals surface area contributed by atoms with Gasteiger partial charge in [0.1, 0.15) is 5.82 Å². The van der Waals surface area contributed by atoms with Gasteiger partial charge in [0.25, 0.3) is 0 Å². The summed E-state index contributed by atoms with van der Waals surface area (Å²) in [7, 11) is 1.76. The molecule has 0 saturated heterocycles. The third-order valence-corrected chi connectivity index (χ3v) is 2.71. The normalized spacial score (nSPS) is 11.4. The molecule has 1 aromatic rings. The zero-order valence-corrected chi connectivity index (χ0v) is 11.9. The van der Waals surface area contributed by atoms with E-state index in [0.29, 0.717) is 5.82 Å². The number of rotatable bonds is 1. The monoisotopic (exact) mass is 284 g/mol. The number of amides is 1. The maximum absolute atomic E-state index is 12.1. The highest BCUT2D eigenvalue weighted by molar-refractivity contribution is 9.10. The van der Waals surface area contributed by atoms with Crippen LogP contribution in [0, 0.1) is 12.3 Å². The van der Waals surface area contributed by atoms with Gasteiger partial charge in [-0.05, 0) is 34.5 Å². The van der Waals surface area contributed by atoms with Gasteiger partial charge in [-0.1, -0.05) is 20.8 Å². The van der Waals surface area contributed by atoms with Crippen molar-refractivity contribution in [1.82, 2.24) is 4.98 Å². The summed E-state index contributed by atoms with van der Waals surface area (Å²) >= 11 is 3.36. The van der Waals surface area contributed by atoms with Crippen molar-refractivity contribution in [2.75, 3.05) is 11.9 Å². The fraction of sp³-hybridized carbons (Fsp3) is 0.500. The number of anilines is 1. The lowest BCUT2D eigenvalue weighted by molar-refractivity contribution is -0.125. The molecule has 0 fully saturated rings. The summed E-state index contributed by atoms with van der Waals surface area (Å²) < 4.78 is 0.922. The molecule has 0 bridgehead atoms. The van der Waals surface area contributed by atoms with Crippen molar-refractivity contribution >= 4 is 27.7 Å². The van der Waals surface area contributed by atoms with Crippen LogP contribution in [-0.4, -0.2) is 17.9 Å². The molecule has 0 aliphatic carbocycles.